The molecular formula is C13H17NO3. The minimum Gasteiger partial charge on any atom is -0.454 e. The van der Waals surface area contributed by atoms with Gasteiger partial charge in [-0.3, -0.25) is 4.79 Å². The van der Waals surface area contributed by atoms with E-state index in [4.69, 9.17) is 9.47 Å². The molecule has 0 aromatic heterocycles. The molecule has 1 heterocycles. The number of carbonyl (C=O) groups excluding carboxylic acids is 1. The van der Waals surface area contributed by atoms with E-state index in [1.807, 2.05) is 32.0 Å². The van der Waals surface area contributed by atoms with Crippen LogP contribution in [-0.4, -0.2) is 18.7 Å². The summed E-state index contributed by atoms with van der Waals surface area (Å²) >= 11 is 0. The lowest BCUT2D eigenvalue weighted by Crippen LogP contribution is -2.30. The molecule has 4 nitrogen and oxygen atoms in total. The van der Waals surface area contributed by atoms with Gasteiger partial charge in [0.1, 0.15) is 0 Å². The van der Waals surface area contributed by atoms with Crippen LogP contribution in [-0.2, 0) is 11.2 Å². The van der Waals surface area contributed by atoms with Gasteiger partial charge in [0, 0.05) is 12.5 Å². The molecule has 1 aromatic carbocycles. The van der Waals surface area contributed by atoms with E-state index in [0.29, 0.717) is 6.42 Å². The highest BCUT2D eigenvalue weighted by Gasteiger charge is 2.13. The summed E-state index contributed by atoms with van der Waals surface area (Å²) in [5.41, 5.74) is 1.09. The maximum atomic E-state index is 11.5. The first-order valence-corrected chi connectivity index (χ1v) is 5.83. The number of fused-ring (bicyclic) bond motifs is 1. The number of amides is 1. The molecule has 0 saturated carbocycles. The number of rotatable bonds is 4. The minimum absolute atomic E-state index is 0.0812. The second-order valence-corrected chi connectivity index (χ2v) is 4.41. The highest BCUT2D eigenvalue weighted by atomic mass is 16.7. The topological polar surface area (TPSA) is 47.6 Å². The molecule has 1 aliphatic rings. The third-order valence-electron chi connectivity index (χ3n) is 2.53. The van der Waals surface area contributed by atoms with E-state index in [-0.39, 0.29) is 18.7 Å². The number of nitrogens with one attached hydrogen (secondary N) is 1. The van der Waals surface area contributed by atoms with Crippen molar-refractivity contribution in [3.05, 3.63) is 23.8 Å². The standard InChI is InChI=1S/C13H17NO3/c1-9(2)14-13(15)6-4-10-3-5-11-12(7-10)17-8-16-11/h3,5,7,9H,4,6,8H2,1-2H3,(H,14,15). The first kappa shape index (κ1) is 11.8. The number of hydrogen-bond donors (Lipinski definition) is 1. The van der Waals surface area contributed by atoms with Crippen molar-refractivity contribution >= 4 is 5.91 Å². The lowest BCUT2D eigenvalue weighted by Gasteiger charge is -2.08. The van der Waals surface area contributed by atoms with Crippen LogP contribution in [0.15, 0.2) is 18.2 Å². The van der Waals surface area contributed by atoms with Gasteiger partial charge in [0.2, 0.25) is 12.7 Å². The SMILES string of the molecule is CC(C)NC(=O)CCc1ccc2c(c1)OCO2. The van der Waals surface area contributed by atoms with Crippen molar-refractivity contribution in [3.8, 4) is 11.5 Å². The number of aryl methyl sites for hydroxylation is 1. The van der Waals surface area contributed by atoms with E-state index < -0.39 is 0 Å². The number of ether oxygens (including phenoxy) is 2. The van der Waals surface area contributed by atoms with Gasteiger partial charge in [-0.15, -0.1) is 0 Å². The number of hydrogen-bond acceptors (Lipinski definition) is 3. The minimum atomic E-state index is 0.0812. The summed E-state index contributed by atoms with van der Waals surface area (Å²) in [6.07, 6.45) is 1.22. The maximum absolute atomic E-state index is 11.5. The molecule has 0 atom stereocenters. The van der Waals surface area contributed by atoms with Gasteiger partial charge in [-0.05, 0) is 38.0 Å². The molecule has 1 aliphatic heterocycles. The molecule has 4 heteroatoms. The number of benzene rings is 1. The molecule has 1 N–H and O–H groups in total. The van der Waals surface area contributed by atoms with Crippen LogP contribution < -0.4 is 14.8 Å². The Morgan fingerprint density at radius 2 is 2.12 bits per heavy atom. The average Bonchev–Trinajstić information content (AvgIpc) is 2.72. The van der Waals surface area contributed by atoms with Crippen LogP contribution in [0.1, 0.15) is 25.8 Å². The summed E-state index contributed by atoms with van der Waals surface area (Å²) in [4.78, 5) is 11.5. The van der Waals surface area contributed by atoms with Crippen LogP contribution in [0.4, 0.5) is 0 Å². The van der Waals surface area contributed by atoms with Crippen LogP contribution in [0.2, 0.25) is 0 Å². The Morgan fingerprint density at radius 3 is 2.88 bits per heavy atom. The fraction of sp³-hybridized carbons (Fsp3) is 0.462. The van der Waals surface area contributed by atoms with Crippen molar-refractivity contribution in [2.45, 2.75) is 32.7 Å². The first-order chi connectivity index (χ1) is 8.15. The molecule has 17 heavy (non-hydrogen) atoms. The summed E-state index contributed by atoms with van der Waals surface area (Å²) < 4.78 is 10.5. The summed E-state index contributed by atoms with van der Waals surface area (Å²) in [5.74, 6) is 1.63. The maximum Gasteiger partial charge on any atom is 0.231 e. The molecule has 0 aliphatic carbocycles. The van der Waals surface area contributed by atoms with Crippen molar-refractivity contribution in [2.75, 3.05) is 6.79 Å². The van der Waals surface area contributed by atoms with E-state index in [1.165, 1.54) is 0 Å². The van der Waals surface area contributed by atoms with Crippen molar-refractivity contribution in [1.29, 1.82) is 0 Å². The molecule has 0 radical (unpaired) electrons. The molecular weight excluding hydrogens is 218 g/mol. The molecule has 92 valence electrons. The van der Waals surface area contributed by atoms with Gasteiger partial charge in [0.05, 0.1) is 0 Å². The van der Waals surface area contributed by atoms with E-state index in [2.05, 4.69) is 5.32 Å². The second kappa shape index (κ2) is 5.08. The molecule has 1 aromatic rings. The fourth-order valence-corrected chi connectivity index (χ4v) is 1.75. The van der Waals surface area contributed by atoms with Crippen molar-refractivity contribution in [2.24, 2.45) is 0 Å². The summed E-state index contributed by atoms with van der Waals surface area (Å²) in [6, 6.07) is 5.98. The Bertz CT molecular complexity index is 415. The first-order valence-electron chi connectivity index (χ1n) is 5.83. The summed E-state index contributed by atoms with van der Waals surface area (Å²) in [5, 5.41) is 2.87. The molecule has 0 bridgehead atoms. The van der Waals surface area contributed by atoms with Gasteiger partial charge in [-0.1, -0.05) is 6.07 Å². The van der Waals surface area contributed by atoms with E-state index in [1.54, 1.807) is 0 Å². The smallest absolute Gasteiger partial charge is 0.231 e. The Kier molecular flexibility index (Phi) is 3.52. The lowest BCUT2D eigenvalue weighted by atomic mass is 10.1. The van der Waals surface area contributed by atoms with E-state index >= 15 is 0 Å². The highest BCUT2D eigenvalue weighted by molar-refractivity contribution is 5.76. The Morgan fingerprint density at radius 1 is 1.35 bits per heavy atom. The Hall–Kier alpha value is -1.71. The van der Waals surface area contributed by atoms with Gasteiger partial charge < -0.3 is 14.8 Å². The third-order valence-corrected chi connectivity index (χ3v) is 2.53. The molecule has 0 saturated heterocycles. The van der Waals surface area contributed by atoms with Crippen molar-refractivity contribution in [1.82, 2.24) is 5.32 Å². The Balaban J connectivity index is 1.89. The van der Waals surface area contributed by atoms with Gasteiger partial charge in [0.15, 0.2) is 11.5 Å². The number of carbonyl (C=O) groups is 1. The van der Waals surface area contributed by atoms with Gasteiger partial charge in [0.25, 0.3) is 0 Å². The van der Waals surface area contributed by atoms with Crippen LogP contribution in [0.25, 0.3) is 0 Å². The van der Waals surface area contributed by atoms with Crippen LogP contribution in [0.5, 0.6) is 11.5 Å². The molecule has 0 spiro atoms. The largest absolute Gasteiger partial charge is 0.454 e. The quantitative estimate of drug-likeness (QED) is 0.866. The summed E-state index contributed by atoms with van der Waals surface area (Å²) in [6.45, 7) is 4.20. The zero-order chi connectivity index (χ0) is 12.3. The van der Waals surface area contributed by atoms with Crippen LogP contribution >= 0.6 is 0 Å². The van der Waals surface area contributed by atoms with Crippen molar-refractivity contribution in [3.63, 3.8) is 0 Å². The molecule has 0 unspecified atom stereocenters. The monoisotopic (exact) mass is 235 g/mol. The average molecular weight is 235 g/mol. The second-order valence-electron chi connectivity index (χ2n) is 4.41. The predicted octanol–water partition coefficient (Wildman–Crippen LogP) is 1.87. The fourth-order valence-electron chi connectivity index (χ4n) is 1.75. The lowest BCUT2D eigenvalue weighted by molar-refractivity contribution is -0.121. The van der Waals surface area contributed by atoms with Crippen molar-refractivity contribution < 1.29 is 14.3 Å². The normalized spacial score (nSPS) is 12.9. The summed E-state index contributed by atoms with van der Waals surface area (Å²) in [7, 11) is 0. The Labute approximate surface area is 101 Å². The molecule has 1 amide bonds. The molecule has 0 fully saturated rings. The zero-order valence-corrected chi connectivity index (χ0v) is 10.2. The van der Waals surface area contributed by atoms with Gasteiger partial charge in [-0.25, -0.2) is 0 Å². The highest BCUT2D eigenvalue weighted by Crippen LogP contribution is 2.32. The van der Waals surface area contributed by atoms with E-state index in [0.717, 1.165) is 23.5 Å². The van der Waals surface area contributed by atoms with Crippen LogP contribution in [0, 0.1) is 0 Å². The van der Waals surface area contributed by atoms with E-state index in [9.17, 15) is 4.79 Å². The predicted molar refractivity (Wildman–Crippen MR) is 64.2 cm³/mol. The zero-order valence-electron chi connectivity index (χ0n) is 10.2. The van der Waals surface area contributed by atoms with Crippen LogP contribution in [0.3, 0.4) is 0 Å². The molecule has 2 rings (SSSR count). The van der Waals surface area contributed by atoms with Gasteiger partial charge in [-0.2, -0.15) is 0 Å². The van der Waals surface area contributed by atoms with Gasteiger partial charge >= 0.3 is 0 Å². The third kappa shape index (κ3) is 3.12.